The smallest absolute Gasteiger partial charge is 0.112 e. The lowest BCUT2D eigenvalue weighted by molar-refractivity contribution is 0.589. The van der Waals surface area contributed by atoms with Gasteiger partial charge in [0.25, 0.3) is 0 Å². The maximum absolute atomic E-state index is 6.17. The molecule has 0 atom stereocenters. The molecule has 0 spiro atoms. The third-order valence-electron chi connectivity index (χ3n) is 3.42. The predicted octanol–water partition coefficient (Wildman–Crippen LogP) is 4.30. The van der Waals surface area contributed by atoms with Crippen molar-refractivity contribution in [1.29, 1.82) is 0 Å². The van der Waals surface area contributed by atoms with Crippen molar-refractivity contribution in [2.75, 3.05) is 0 Å². The summed E-state index contributed by atoms with van der Waals surface area (Å²) in [6, 6.07) is 6.56. The first-order chi connectivity index (χ1) is 10.1. The van der Waals surface area contributed by atoms with Gasteiger partial charge in [0.1, 0.15) is 5.01 Å². The summed E-state index contributed by atoms with van der Waals surface area (Å²) in [4.78, 5) is 4.37. The molecule has 3 nitrogen and oxygen atoms in total. The van der Waals surface area contributed by atoms with Crippen LogP contribution in [0.25, 0.3) is 10.9 Å². The summed E-state index contributed by atoms with van der Waals surface area (Å²) in [5.41, 5.74) is 2.46. The molecular formula is C16H18ClN3S. The zero-order valence-corrected chi connectivity index (χ0v) is 13.7. The van der Waals surface area contributed by atoms with Crippen LogP contribution in [0.1, 0.15) is 24.4 Å². The standard InChI is InChI=1S/C16H18ClN3S/c1-11(2)19-8-12-9-20(10-16-18-5-6-21-16)15-7-13(17)3-4-14(12)15/h3-7,9,11,19H,8,10H2,1-2H3. The van der Waals surface area contributed by atoms with E-state index in [0.29, 0.717) is 6.04 Å². The lowest BCUT2D eigenvalue weighted by Crippen LogP contribution is -2.21. The minimum atomic E-state index is 0.467. The van der Waals surface area contributed by atoms with Crippen LogP contribution in [-0.4, -0.2) is 15.6 Å². The Morgan fingerprint density at radius 3 is 2.95 bits per heavy atom. The van der Waals surface area contributed by atoms with Gasteiger partial charge in [-0.15, -0.1) is 11.3 Å². The van der Waals surface area contributed by atoms with Crippen molar-refractivity contribution >= 4 is 33.8 Å². The number of halogens is 1. The quantitative estimate of drug-likeness (QED) is 0.760. The molecule has 3 rings (SSSR count). The molecule has 0 bridgehead atoms. The Morgan fingerprint density at radius 1 is 1.38 bits per heavy atom. The van der Waals surface area contributed by atoms with E-state index in [1.165, 1.54) is 16.5 Å². The molecule has 0 aliphatic rings. The molecule has 0 saturated heterocycles. The highest BCUT2D eigenvalue weighted by Gasteiger charge is 2.10. The Bertz CT molecular complexity index is 731. The van der Waals surface area contributed by atoms with E-state index < -0.39 is 0 Å². The number of aromatic nitrogens is 2. The van der Waals surface area contributed by atoms with Crippen molar-refractivity contribution in [2.24, 2.45) is 0 Å². The van der Waals surface area contributed by atoms with E-state index in [-0.39, 0.29) is 0 Å². The van der Waals surface area contributed by atoms with Gasteiger partial charge in [0.2, 0.25) is 0 Å². The Labute approximate surface area is 133 Å². The van der Waals surface area contributed by atoms with Crippen molar-refractivity contribution in [3.8, 4) is 0 Å². The van der Waals surface area contributed by atoms with E-state index in [9.17, 15) is 0 Å². The summed E-state index contributed by atoms with van der Waals surface area (Å²) in [5, 5.41) is 8.62. The van der Waals surface area contributed by atoms with Gasteiger partial charge in [0.05, 0.1) is 12.1 Å². The minimum Gasteiger partial charge on any atom is -0.340 e. The first kappa shape index (κ1) is 14.6. The molecule has 21 heavy (non-hydrogen) atoms. The summed E-state index contributed by atoms with van der Waals surface area (Å²) in [7, 11) is 0. The molecule has 0 aliphatic carbocycles. The molecule has 0 aliphatic heterocycles. The molecule has 3 aromatic rings. The van der Waals surface area contributed by atoms with Crippen molar-refractivity contribution in [3.63, 3.8) is 0 Å². The van der Waals surface area contributed by atoms with E-state index in [2.05, 4.69) is 41.0 Å². The zero-order valence-electron chi connectivity index (χ0n) is 12.1. The number of hydrogen-bond acceptors (Lipinski definition) is 3. The molecular weight excluding hydrogens is 302 g/mol. The average molecular weight is 320 g/mol. The molecule has 0 radical (unpaired) electrons. The second-order valence-electron chi connectivity index (χ2n) is 5.41. The third-order valence-corrected chi connectivity index (χ3v) is 4.42. The monoisotopic (exact) mass is 319 g/mol. The van der Waals surface area contributed by atoms with Crippen LogP contribution in [0.2, 0.25) is 5.02 Å². The van der Waals surface area contributed by atoms with Crippen LogP contribution in [0.5, 0.6) is 0 Å². The number of nitrogens with one attached hydrogen (secondary N) is 1. The molecule has 1 N–H and O–H groups in total. The molecule has 2 heterocycles. The Hall–Kier alpha value is -1.36. The zero-order chi connectivity index (χ0) is 14.8. The topological polar surface area (TPSA) is 29.9 Å². The fraction of sp³-hybridized carbons (Fsp3) is 0.312. The molecule has 0 unspecified atom stereocenters. The van der Waals surface area contributed by atoms with Crippen LogP contribution in [0, 0.1) is 0 Å². The summed E-state index contributed by atoms with van der Waals surface area (Å²) in [6.07, 6.45) is 4.05. The highest BCUT2D eigenvalue weighted by molar-refractivity contribution is 7.09. The second kappa shape index (κ2) is 6.18. The molecule has 2 aromatic heterocycles. The summed E-state index contributed by atoms with van der Waals surface area (Å²) < 4.78 is 2.23. The Kier molecular flexibility index (Phi) is 4.29. The molecule has 110 valence electrons. The van der Waals surface area contributed by atoms with Crippen LogP contribution in [0.3, 0.4) is 0 Å². The molecule has 1 aromatic carbocycles. The van der Waals surface area contributed by atoms with Crippen LogP contribution in [0.4, 0.5) is 0 Å². The van der Waals surface area contributed by atoms with Gasteiger partial charge in [-0.25, -0.2) is 4.98 Å². The van der Waals surface area contributed by atoms with Crippen molar-refractivity contribution in [2.45, 2.75) is 33.0 Å². The van der Waals surface area contributed by atoms with Gasteiger partial charge in [-0.1, -0.05) is 31.5 Å². The summed E-state index contributed by atoms with van der Waals surface area (Å²) in [5.74, 6) is 0. The second-order valence-corrected chi connectivity index (χ2v) is 6.82. The third kappa shape index (κ3) is 3.28. The van der Waals surface area contributed by atoms with E-state index in [0.717, 1.165) is 23.1 Å². The van der Waals surface area contributed by atoms with Gasteiger partial charge < -0.3 is 9.88 Å². The first-order valence-electron chi connectivity index (χ1n) is 7.02. The van der Waals surface area contributed by atoms with Gasteiger partial charge in [-0.05, 0) is 17.7 Å². The van der Waals surface area contributed by atoms with Gasteiger partial charge >= 0.3 is 0 Å². The summed E-state index contributed by atoms with van der Waals surface area (Å²) >= 11 is 7.84. The van der Waals surface area contributed by atoms with E-state index in [1.807, 2.05) is 23.7 Å². The highest BCUT2D eigenvalue weighted by Crippen LogP contribution is 2.26. The molecule has 0 fully saturated rings. The summed E-state index contributed by atoms with van der Waals surface area (Å²) in [6.45, 7) is 5.97. The van der Waals surface area contributed by atoms with Crippen molar-refractivity contribution < 1.29 is 0 Å². The predicted molar refractivity (Wildman–Crippen MR) is 90.1 cm³/mol. The number of benzene rings is 1. The van der Waals surface area contributed by atoms with E-state index in [4.69, 9.17) is 11.6 Å². The van der Waals surface area contributed by atoms with Crippen LogP contribution in [-0.2, 0) is 13.1 Å². The number of rotatable bonds is 5. The normalized spacial score (nSPS) is 11.6. The van der Waals surface area contributed by atoms with Gasteiger partial charge in [0, 0.05) is 40.8 Å². The maximum atomic E-state index is 6.17. The molecule has 5 heteroatoms. The first-order valence-corrected chi connectivity index (χ1v) is 8.28. The number of thiazole rings is 1. The SMILES string of the molecule is CC(C)NCc1cn(Cc2nccs2)c2cc(Cl)ccc12. The number of fused-ring (bicyclic) bond motifs is 1. The number of nitrogens with zero attached hydrogens (tertiary/aromatic N) is 2. The minimum absolute atomic E-state index is 0.467. The van der Waals surface area contributed by atoms with Crippen molar-refractivity contribution in [1.82, 2.24) is 14.9 Å². The van der Waals surface area contributed by atoms with Crippen LogP contribution < -0.4 is 5.32 Å². The fourth-order valence-corrected chi connectivity index (χ4v) is 3.18. The van der Waals surface area contributed by atoms with Gasteiger partial charge in [-0.3, -0.25) is 0 Å². The van der Waals surface area contributed by atoms with Gasteiger partial charge in [0.15, 0.2) is 0 Å². The molecule has 0 amide bonds. The van der Waals surface area contributed by atoms with Gasteiger partial charge in [-0.2, -0.15) is 0 Å². The Balaban J connectivity index is 2.00. The number of hydrogen-bond donors (Lipinski definition) is 1. The molecule has 0 saturated carbocycles. The lowest BCUT2D eigenvalue weighted by Gasteiger charge is -2.06. The highest BCUT2D eigenvalue weighted by atomic mass is 35.5. The van der Waals surface area contributed by atoms with Crippen LogP contribution in [0.15, 0.2) is 36.0 Å². The fourth-order valence-electron chi connectivity index (χ4n) is 2.40. The van der Waals surface area contributed by atoms with Crippen LogP contribution >= 0.6 is 22.9 Å². The average Bonchev–Trinajstić information content (AvgIpc) is 3.05. The lowest BCUT2D eigenvalue weighted by atomic mass is 10.1. The van der Waals surface area contributed by atoms with E-state index in [1.54, 1.807) is 11.3 Å². The largest absolute Gasteiger partial charge is 0.340 e. The van der Waals surface area contributed by atoms with Crippen molar-refractivity contribution in [3.05, 3.63) is 51.6 Å². The van der Waals surface area contributed by atoms with E-state index >= 15 is 0 Å². The Morgan fingerprint density at radius 2 is 2.24 bits per heavy atom. The maximum Gasteiger partial charge on any atom is 0.112 e.